The van der Waals surface area contributed by atoms with Crippen molar-refractivity contribution in [3.8, 4) is 16.9 Å². The van der Waals surface area contributed by atoms with Crippen LogP contribution < -0.4 is 15.1 Å². The Hall–Kier alpha value is -3.39. The van der Waals surface area contributed by atoms with Crippen LogP contribution in [-0.2, 0) is 4.74 Å². The minimum absolute atomic E-state index is 0.0317. The van der Waals surface area contributed by atoms with E-state index in [2.05, 4.69) is 46.2 Å². The lowest BCUT2D eigenvalue weighted by Crippen LogP contribution is -2.36. The minimum atomic E-state index is -0.0317. The van der Waals surface area contributed by atoms with Gasteiger partial charge in [0.05, 0.1) is 18.6 Å². The largest absolute Gasteiger partial charge is 0.492 e. The highest BCUT2D eigenvalue weighted by Crippen LogP contribution is 2.45. The van der Waals surface area contributed by atoms with Crippen molar-refractivity contribution in [1.82, 2.24) is 4.90 Å². The fourth-order valence-corrected chi connectivity index (χ4v) is 6.03. The fraction of sp³-hybridized carbons (Fsp3) is 0.276. The van der Waals surface area contributed by atoms with E-state index < -0.39 is 0 Å². The van der Waals surface area contributed by atoms with Crippen LogP contribution >= 0.6 is 11.3 Å². The van der Waals surface area contributed by atoms with Crippen LogP contribution in [0.25, 0.3) is 42.3 Å². The Morgan fingerprint density at radius 2 is 1.78 bits per heavy atom. The highest BCUT2D eigenvalue weighted by Gasteiger charge is 2.20. The van der Waals surface area contributed by atoms with Crippen LogP contribution in [-0.4, -0.2) is 58.5 Å². The first-order valence-electron chi connectivity index (χ1n) is 12.2. The normalized spacial score (nSPS) is 14.4. The molecule has 0 unspecified atom stereocenters. The fourth-order valence-electron chi connectivity index (χ4n) is 4.78. The van der Waals surface area contributed by atoms with Gasteiger partial charge in [0.2, 0.25) is 0 Å². The van der Waals surface area contributed by atoms with E-state index in [0.717, 1.165) is 33.5 Å². The molecule has 0 saturated carbocycles. The molecule has 2 aromatic heterocycles. The zero-order chi connectivity index (χ0) is 24.6. The molecule has 3 aromatic carbocycles. The topological polar surface area (TPSA) is 55.2 Å². The summed E-state index contributed by atoms with van der Waals surface area (Å²) in [6.07, 6.45) is 0. The molecule has 1 aliphatic rings. The third-order valence-electron chi connectivity index (χ3n) is 6.64. The number of nitrogens with zero attached hydrogens (tertiary/aromatic N) is 2. The highest BCUT2D eigenvalue weighted by atomic mass is 32.1. The van der Waals surface area contributed by atoms with Crippen molar-refractivity contribution in [3.05, 3.63) is 70.9 Å². The molecule has 1 fully saturated rings. The summed E-state index contributed by atoms with van der Waals surface area (Å²) in [5.74, 6) is 1.48. The van der Waals surface area contributed by atoms with Gasteiger partial charge in [-0.25, -0.2) is 0 Å². The van der Waals surface area contributed by atoms with Gasteiger partial charge >= 0.3 is 0 Å². The van der Waals surface area contributed by atoms with Gasteiger partial charge in [0.15, 0.2) is 11.3 Å². The van der Waals surface area contributed by atoms with Gasteiger partial charge in [-0.15, -0.1) is 11.3 Å². The number of para-hydroxylation sites is 1. The Morgan fingerprint density at radius 3 is 2.61 bits per heavy atom. The first-order valence-corrected chi connectivity index (χ1v) is 13.0. The summed E-state index contributed by atoms with van der Waals surface area (Å²) in [6.45, 7) is 4.11. The molecule has 7 heteroatoms. The number of anilines is 1. The number of fused-ring (bicyclic) bond motifs is 4. The predicted octanol–water partition coefficient (Wildman–Crippen LogP) is 5.60. The van der Waals surface area contributed by atoms with E-state index in [0.29, 0.717) is 49.8 Å². The summed E-state index contributed by atoms with van der Waals surface area (Å²) in [5.41, 5.74) is 2.54. The molecule has 6 rings (SSSR count). The molecule has 6 nitrogen and oxygen atoms in total. The molecule has 0 bridgehead atoms. The van der Waals surface area contributed by atoms with Gasteiger partial charge in [0, 0.05) is 57.0 Å². The van der Waals surface area contributed by atoms with Crippen LogP contribution in [0.3, 0.4) is 0 Å². The van der Waals surface area contributed by atoms with Crippen molar-refractivity contribution in [2.75, 3.05) is 58.5 Å². The van der Waals surface area contributed by atoms with E-state index >= 15 is 0 Å². The second-order valence-corrected chi connectivity index (χ2v) is 10.3. The van der Waals surface area contributed by atoms with Gasteiger partial charge in [-0.1, -0.05) is 30.3 Å². The van der Waals surface area contributed by atoms with Crippen LogP contribution in [0.4, 0.5) is 5.88 Å². The standard InChI is InChI=1S/C29H28N2O4S/c1-30(2)12-17-34-24-11-10-20(29-27(24)22-6-3-4-9-25(22)36-29)19-7-5-8-21-23(32)18-26(35-28(19)21)31-13-15-33-16-14-31/h3-11,18H,12-17H2,1-2H3. The van der Waals surface area contributed by atoms with Gasteiger partial charge in [-0.3, -0.25) is 4.79 Å². The molecular weight excluding hydrogens is 472 g/mol. The Labute approximate surface area is 213 Å². The van der Waals surface area contributed by atoms with Crippen molar-refractivity contribution in [2.24, 2.45) is 0 Å². The average Bonchev–Trinajstić information content (AvgIpc) is 3.29. The lowest BCUT2D eigenvalue weighted by molar-refractivity contribution is 0.121. The average molecular weight is 501 g/mol. The van der Waals surface area contributed by atoms with Crippen LogP contribution in [0, 0.1) is 0 Å². The second kappa shape index (κ2) is 9.58. The SMILES string of the molecule is CN(C)CCOc1ccc(-c2cccc3c(=O)cc(N4CCOCC4)oc23)c2sc3ccccc3c12. The smallest absolute Gasteiger partial charge is 0.200 e. The molecule has 36 heavy (non-hydrogen) atoms. The molecule has 5 aromatic rings. The maximum atomic E-state index is 13.1. The Morgan fingerprint density at radius 1 is 0.972 bits per heavy atom. The predicted molar refractivity (Wildman–Crippen MR) is 148 cm³/mol. The van der Waals surface area contributed by atoms with Crippen molar-refractivity contribution in [1.29, 1.82) is 0 Å². The molecule has 1 aliphatic heterocycles. The number of morpholine rings is 1. The third-order valence-corrected chi connectivity index (χ3v) is 7.84. The number of benzene rings is 3. The minimum Gasteiger partial charge on any atom is -0.492 e. The number of hydrogen-bond donors (Lipinski definition) is 0. The Kier molecular flexibility index (Phi) is 6.13. The molecule has 0 atom stereocenters. The first kappa shape index (κ1) is 23.0. The Bertz CT molecular complexity index is 1620. The van der Waals surface area contributed by atoms with Gasteiger partial charge in [0.25, 0.3) is 0 Å². The molecule has 0 spiro atoms. The second-order valence-electron chi connectivity index (χ2n) is 9.30. The van der Waals surface area contributed by atoms with E-state index in [-0.39, 0.29) is 5.43 Å². The summed E-state index contributed by atoms with van der Waals surface area (Å²) in [7, 11) is 4.09. The molecular formula is C29H28N2O4S. The molecule has 1 saturated heterocycles. The summed E-state index contributed by atoms with van der Waals surface area (Å²) in [5, 5.41) is 2.87. The van der Waals surface area contributed by atoms with Gasteiger partial charge < -0.3 is 23.7 Å². The van der Waals surface area contributed by atoms with Gasteiger partial charge in [-0.05, 0) is 38.4 Å². The summed E-state index contributed by atoms with van der Waals surface area (Å²) < 4.78 is 20.5. The number of hydrogen-bond acceptors (Lipinski definition) is 7. The first-order chi connectivity index (χ1) is 17.6. The summed E-state index contributed by atoms with van der Waals surface area (Å²) in [4.78, 5) is 17.3. The van der Waals surface area contributed by atoms with Crippen LogP contribution in [0.1, 0.15) is 0 Å². The van der Waals surface area contributed by atoms with E-state index in [4.69, 9.17) is 13.9 Å². The maximum absolute atomic E-state index is 13.1. The van der Waals surface area contributed by atoms with Crippen molar-refractivity contribution >= 4 is 48.4 Å². The Balaban J connectivity index is 1.55. The van der Waals surface area contributed by atoms with Crippen molar-refractivity contribution < 1.29 is 13.9 Å². The number of ether oxygens (including phenoxy) is 2. The van der Waals surface area contributed by atoms with Crippen LogP contribution in [0.5, 0.6) is 5.75 Å². The van der Waals surface area contributed by atoms with E-state index in [1.165, 1.54) is 10.1 Å². The zero-order valence-electron chi connectivity index (χ0n) is 20.5. The van der Waals surface area contributed by atoms with Crippen molar-refractivity contribution in [3.63, 3.8) is 0 Å². The molecule has 3 heterocycles. The lowest BCUT2D eigenvalue weighted by Gasteiger charge is -2.27. The van der Waals surface area contributed by atoms with Crippen LogP contribution in [0.2, 0.25) is 0 Å². The van der Waals surface area contributed by atoms with Gasteiger partial charge in [0.1, 0.15) is 17.9 Å². The monoisotopic (exact) mass is 500 g/mol. The number of likely N-dealkylation sites (N-methyl/N-ethyl adjacent to an activating group) is 1. The molecule has 0 amide bonds. The summed E-state index contributed by atoms with van der Waals surface area (Å²) >= 11 is 1.74. The zero-order valence-corrected chi connectivity index (χ0v) is 21.3. The number of thiophene rings is 1. The highest BCUT2D eigenvalue weighted by molar-refractivity contribution is 7.26. The quantitative estimate of drug-likeness (QED) is 0.302. The summed E-state index contributed by atoms with van der Waals surface area (Å²) in [6, 6.07) is 20.0. The third kappa shape index (κ3) is 4.13. The molecule has 0 radical (unpaired) electrons. The van der Waals surface area contributed by atoms with E-state index in [9.17, 15) is 4.79 Å². The lowest BCUT2D eigenvalue weighted by atomic mass is 10.00. The van der Waals surface area contributed by atoms with Crippen molar-refractivity contribution in [2.45, 2.75) is 0 Å². The molecule has 0 aliphatic carbocycles. The molecule has 184 valence electrons. The van der Waals surface area contributed by atoms with E-state index in [1.54, 1.807) is 17.4 Å². The van der Waals surface area contributed by atoms with Crippen LogP contribution in [0.15, 0.2) is 69.9 Å². The number of rotatable bonds is 6. The maximum Gasteiger partial charge on any atom is 0.200 e. The van der Waals surface area contributed by atoms with Gasteiger partial charge in [-0.2, -0.15) is 0 Å². The van der Waals surface area contributed by atoms with E-state index in [1.807, 2.05) is 32.3 Å². The molecule has 0 N–H and O–H groups in total.